The zero-order chi connectivity index (χ0) is 16.9. The van der Waals surface area contributed by atoms with Crippen LogP contribution < -0.4 is 10.6 Å². The van der Waals surface area contributed by atoms with Crippen LogP contribution in [0.3, 0.4) is 0 Å². The molecular weight excluding hydrogens is 303 g/mol. The molecule has 1 aromatic rings. The molecule has 23 heavy (non-hydrogen) atoms. The average molecular weight is 327 g/mol. The highest BCUT2D eigenvalue weighted by atomic mass is 19.4. The Labute approximate surface area is 135 Å². The van der Waals surface area contributed by atoms with Crippen LogP contribution in [-0.4, -0.2) is 31.8 Å². The van der Waals surface area contributed by atoms with Crippen molar-refractivity contribution in [2.45, 2.75) is 44.7 Å². The number of alkyl halides is 3. The summed E-state index contributed by atoms with van der Waals surface area (Å²) < 4.78 is 36.7. The third-order valence-electron chi connectivity index (χ3n) is 4.15. The second-order valence-electron chi connectivity index (χ2n) is 6.08. The maximum absolute atomic E-state index is 12.2. The van der Waals surface area contributed by atoms with Gasteiger partial charge in [0.15, 0.2) is 5.96 Å². The van der Waals surface area contributed by atoms with Crippen molar-refractivity contribution >= 4 is 5.96 Å². The minimum Gasteiger partial charge on any atom is -0.357 e. The van der Waals surface area contributed by atoms with Gasteiger partial charge in [0.2, 0.25) is 0 Å². The summed E-state index contributed by atoms with van der Waals surface area (Å²) in [5.41, 5.74) is 2.60. The number of aryl methyl sites for hydroxylation is 1. The van der Waals surface area contributed by atoms with E-state index in [1.165, 1.54) is 11.1 Å². The molecule has 0 saturated heterocycles. The first-order valence-corrected chi connectivity index (χ1v) is 8.01. The summed E-state index contributed by atoms with van der Waals surface area (Å²) >= 11 is 0. The molecule has 0 spiro atoms. The third-order valence-corrected chi connectivity index (χ3v) is 4.15. The van der Waals surface area contributed by atoms with Crippen LogP contribution in [0.2, 0.25) is 0 Å². The number of benzene rings is 1. The monoisotopic (exact) mass is 327 g/mol. The zero-order valence-corrected chi connectivity index (χ0v) is 13.6. The Morgan fingerprint density at radius 3 is 2.48 bits per heavy atom. The smallest absolute Gasteiger partial charge is 0.357 e. The average Bonchev–Trinajstić information content (AvgIpc) is 3.25. The van der Waals surface area contributed by atoms with Crippen molar-refractivity contribution in [3.63, 3.8) is 0 Å². The molecule has 3 nitrogen and oxygen atoms in total. The molecular formula is C17H24F3N3. The van der Waals surface area contributed by atoms with Crippen LogP contribution >= 0.6 is 0 Å². The third kappa shape index (κ3) is 5.15. The van der Waals surface area contributed by atoms with Gasteiger partial charge in [0.1, 0.15) is 0 Å². The highest BCUT2D eigenvalue weighted by Crippen LogP contribution is 2.49. The lowest BCUT2D eigenvalue weighted by molar-refractivity contribution is -0.132. The van der Waals surface area contributed by atoms with Gasteiger partial charge in [-0.2, -0.15) is 13.2 Å². The van der Waals surface area contributed by atoms with Gasteiger partial charge in [0, 0.05) is 18.5 Å². The zero-order valence-electron chi connectivity index (χ0n) is 13.6. The Morgan fingerprint density at radius 2 is 1.91 bits per heavy atom. The van der Waals surface area contributed by atoms with Crippen LogP contribution in [0.1, 0.15) is 37.3 Å². The highest BCUT2D eigenvalue weighted by molar-refractivity contribution is 5.79. The molecule has 0 heterocycles. The maximum Gasteiger partial charge on any atom is 0.390 e. The summed E-state index contributed by atoms with van der Waals surface area (Å²) in [6, 6.07) is 8.26. The second-order valence-corrected chi connectivity index (χ2v) is 6.08. The second kappa shape index (κ2) is 7.23. The fourth-order valence-corrected chi connectivity index (χ4v) is 2.73. The largest absolute Gasteiger partial charge is 0.390 e. The van der Waals surface area contributed by atoms with Gasteiger partial charge in [0.25, 0.3) is 0 Å². The summed E-state index contributed by atoms with van der Waals surface area (Å²) in [7, 11) is 0. The molecule has 2 N–H and O–H groups in total. The quantitative estimate of drug-likeness (QED) is 0.619. The molecule has 0 bridgehead atoms. The molecule has 0 aliphatic heterocycles. The Balaban J connectivity index is 1.99. The minimum absolute atomic E-state index is 0.0533. The first kappa shape index (κ1) is 17.6. The van der Waals surface area contributed by atoms with Crippen LogP contribution in [0.15, 0.2) is 29.3 Å². The van der Waals surface area contributed by atoms with Crippen molar-refractivity contribution in [2.24, 2.45) is 4.99 Å². The molecule has 0 unspecified atom stereocenters. The van der Waals surface area contributed by atoms with E-state index >= 15 is 0 Å². The van der Waals surface area contributed by atoms with Crippen LogP contribution in [-0.2, 0) is 5.41 Å². The molecule has 1 fully saturated rings. The van der Waals surface area contributed by atoms with E-state index in [4.69, 9.17) is 0 Å². The summed E-state index contributed by atoms with van der Waals surface area (Å²) in [6.45, 7) is 5.04. The van der Waals surface area contributed by atoms with Gasteiger partial charge in [-0.1, -0.05) is 24.3 Å². The molecule has 6 heteroatoms. The van der Waals surface area contributed by atoms with E-state index < -0.39 is 12.6 Å². The van der Waals surface area contributed by atoms with Crippen LogP contribution in [0, 0.1) is 6.92 Å². The van der Waals surface area contributed by atoms with E-state index in [0.29, 0.717) is 19.0 Å². The topological polar surface area (TPSA) is 36.4 Å². The molecule has 1 aromatic carbocycles. The number of nitrogens with one attached hydrogen (secondary N) is 2. The number of hydrogen-bond acceptors (Lipinski definition) is 1. The number of halogens is 3. The van der Waals surface area contributed by atoms with Crippen molar-refractivity contribution in [3.05, 3.63) is 35.4 Å². The number of hydrogen-bond donors (Lipinski definition) is 2. The van der Waals surface area contributed by atoms with Crippen molar-refractivity contribution in [1.82, 2.24) is 10.6 Å². The Bertz CT molecular complexity index is 548. The van der Waals surface area contributed by atoms with Gasteiger partial charge in [-0.15, -0.1) is 0 Å². The Morgan fingerprint density at radius 1 is 1.22 bits per heavy atom. The minimum atomic E-state index is -4.15. The Hall–Kier alpha value is -1.72. The van der Waals surface area contributed by atoms with Gasteiger partial charge in [-0.3, -0.25) is 4.99 Å². The van der Waals surface area contributed by atoms with Crippen LogP contribution in [0.5, 0.6) is 0 Å². The van der Waals surface area contributed by atoms with Crippen molar-refractivity contribution in [3.8, 4) is 0 Å². The van der Waals surface area contributed by atoms with Gasteiger partial charge in [-0.25, -0.2) is 0 Å². The van der Waals surface area contributed by atoms with Gasteiger partial charge < -0.3 is 10.6 Å². The number of aliphatic imine (C=N–C) groups is 1. The van der Waals surface area contributed by atoms with Gasteiger partial charge >= 0.3 is 6.18 Å². The molecule has 0 amide bonds. The summed E-state index contributed by atoms with van der Waals surface area (Å²) in [6.07, 6.45) is -2.86. The SMILES string of the molecule is CCNC(=NCC1(c2ccccc2C)CC1)NCCC(F)(F)F. The maximum atomic E-state index is 12.2. The van der Waals surface area contributed by atoms with E-state index in [9.17, 15) is 13.2 Å². The van der Waals surface area contributed by atoms with Crippen molar-refractivity contribution in [2.75, 3.05) is 19.6 Å². The predicted molar refractivity (Wildman–Crippen MR) is 86.7 cm³/mol. The summed E-state index contributed by atoms with van der Waals surface area (Å²) in [4.78, 5) is 4.51. The van der Waals surface area contributed by atoms with E-state index in [2.05, 4.69) is 34.7 Å². The molecule has 2 rings (SSSR count). The Kier molecular flexibility index (Phi) is 5.55. The fraction of sp³-hybridized carbons (Fsp3) is 0.588. The lowest BCUT2D eigenvalue weighted by Gasteiger charge is -2.18. The first-order chi connectivity index (χ1) is 10.9. The molecule has 1 saturated carbocycles. The molecule has 0 radical (unpaired) electrons. The van der Waals surface area contributed by atoms with Crippen LogP contribution in [0.25, 0.3) is 0 Å². The van der Waals surface area contributed by atoms with Crippen molar-refractivity contribution < 1.29 is 13.2 Å². The van der Waals surface area contributed by atoms with E-state index in [1.807, 2.05) is 19.1 Å². The predicted octanol–water partition coefficient (Wildman–Crippen LogP) is 3.53. The lowest BCUT2D eigenvalue weighted by atomic mass is 9.92. The van der Waals surface area contributed by atoms with Gasteiger partial charge in [0.05, 0.1) is 13.0 Å². The fourth-order valence-electron chi connectivity index (χ4n) is 2.73. The summed E-state index contributed by atoms with van der Waals surface area (Å²) in [5.74, 6) is 0.455. The molecule has 1 aliphatic carbocycles. The molecule has 1 aliphatic rings. The highest BCUT2D eigenvalue weighted by Gasteiger charge is 2.44. The van der Waals surface area contributed by atoms with E-state index in [0.717, 1.165) is 12.8 Å². The number of guanidine groups is 1. The van der Waals surface area contributed by atoms with Gasteiger partial charge in [-0.05, 0) is 37.8 Å². The molecule has 128 valence electrons. The standard InChI is InChI=1S/C17H24F3N3/c1-3-21-15(22-11-10-17(18,19)20)23-12-16(8-9-16)14-7-5-4-6-13(14)2/h4-7H,3,8-12H2,1-2H3,(H2,21,22,23). The summed E-state index contributed by atoms with van der Waals surface area (Å²) in [5, 5.41) is 5.77. The van der Waals surface area contributed by atoms with E-state index in [1.54, 1.807) is 0 Å². The van der Waals surface area contributed by atoms with E-state index in [-0.39, 0.29) is 12.0 Å². The molecule has 0 atom stereocenters. The first-order valence-electron chi connectivity index (χ1n) is 8.01. The molecule has 0 aromatic heterocycles. The number of nitrogens with zero attached hydrogens (tertiary/aromatic N) is 1. The van der Waals surface area contributed by atoms with Crippen molar-refractivity contribution in [1.29, 1.82) is 0 Å². The lowest BCUT2D eigenvalue weighted by Crippen LogP contribution is -2.39. The normalized spacial score (nSPS) is 17.0. The van der Waals surface area contributed by atoms with Crippen LogP contribution in [0.4, 0.5) is 13.2 Å². The number of rotatable bonds is 6.